The van der Waals surface area contributed by atoms with Crippen LogP contribution in [0.2, 0.25) is 0 Å². The Balaban J connectivity index is 1.22. The summed E-state index contributed by atoms with van der Waals surface area (Å²) in [6.07, 6.45) is 7.95. The number of amides is 1. The predicted octanol–water partition coefficient (Wildman–Crippen LogP) is 7.83. The molecule has 1 saturated carbocycles. The zero-order valence-corrected chi connectivity index (χ0v) is 24.9. The highest BCUT2D eigenvalue weighted by Gasteiger charge is 2.36. The van der Waals surface area contributed by atoms with Crippen LogP contribution in [-0.2, 0) is 22.6 Å². The van der Waals surface area contributed by atoms with Gasteiger partial charge in [0.2, 0.25) is 0 Å². The molecule has 2 aromatic rings. The fourth-order valence-electron chi connectivity index (χ4n) is 6.56. The third-order valence-electron chi connectivity index (χ3n) is 8.40. The third-order valence-corrected chi connectivity index (χ3v) is 8.40. The molecule has 1 unspecified atom stereocenters. The minimum Gasteiger partial charge on any atom is -0.444 e. The van der Waals surface area contributed by atoms with Gasteiger partial charge in [-0.15, -0.1) is 0 Å². The number of hydrogen-bond acceptors (Lipinski definition) is 4. The lowest BCUT2D eigenvalue weighted by molar-refractivity contribution is -0.0202. The smallest absolute Gasteiger partial charge is 0.410 e. The Hall–Kier alpha value is -2.37. The molecule has 0 bridgehead atoms. The number of hydrogen-bond donors (Lipinski definition) is 0. The Morgan fingerprint density at radius 3 is 1.85 bits per heavy atom. The summed E-state index contributed by atoms with van der Waals surface area (Å²) in [4.78, 5) is 17.3. The van der Waals surface area contributed by atoms with Crippen molar-refractivity contribution in [2.75, 3.05) is 6.61 Å². The van der Waals surface area contributed by atoms with Crippen LogP contribution < -0.4 is 0 Å². The summed E-state index contributed by atoms with van der Waals surface area (Å²) >= 11 is 0. The second-order valence-electron chi connectivity index (χ2n) is 12.9. The van der Waals surface area contributed by atoms with Crippen LogP contribution in [0.15, 0.2) is 60.7 Å². The van der Waals surface area contributed by atoms with E-state index in [-0.39, 0.29) is 18.2 Å². The van der Waals surface area contributed by atoms with E-state index < -0.39 is 5.60 Å². The molecule has 3 atom stereocenters. The second-order valence-corrected chi connectivity index (χ2v) is 12.9. The number of likely N-dealkylation sites (tertiary alicyclic amines) is 1. The number of piperidine rings is 1. The summed E-state index contributed by atoms with van der Waals surface area (Å²) in [5.74, 6) is 0.595. The molecule has 0 spiro atoms. The monoisotopic (exact) mass is 534 g/mol. The van der Waals surface area contributed by atoms with Crippen molar-refractivity contribution in [2.45, 2.75) is 122 Å². The quantitative estimate of drug-likeness (QED) is 0.329. The second kappa shape index (κ2) is 13.8. The molecule has 2 aromatic carbocycles. The number of carbonyl (C=O) groups excluding carboxylic acids is 1. The molecule has 1 amide bonds. The number of rotatable bonds is 9. The van der Waals surface area contributed by atoms with E-state index in [2.05, 4.69) is 79.4 Å². The lowest BCUT2D eigenvalue weighted by atomic mass is 9.85. The van der Waals surface area contributed by atoms with E-state index in [1.165, 1.54) is 24.0 Å². The first-order valence-corrected chi connectivity index (χ1v) is 15.1. The third kappa shape index (κ3) is 9.08. The van der Waals surface area contributed by atoms with Gasteiger partial charge in [-0.05, 0) is 96.6 Å². The SMILES string of the molecule is C[C@@H]1CC(CCOC2CCC(N(Cc3ccccc3)Cc3ccccc3)CC2)C[C@H](C)N1C(=O)OC(C)(C)C. The highest BCUT2D eigenvalue weighted by Crippen LogP contribution is 2.32. The van der Waals surface area contributed by atoms with Crippen molar-refractivity contribution in [1.29, 1.82) is 0 Å². The molecule has 5 heteroatoms. The number of nitrogens with zero attached hydrogens (tertiary/aromatic N) is 2. The van der Waals surface area contributed by atoms with Crippen LogP contribution in [0.3, 0.4) is 0 Å². The van der Waals surface area contributed by atoms with Crippen molar-refractivity contribution in [3.63, 3.8) is 0 Å². The van der Waals surface area contributed by atoms with Crippen molar-refractivity contribution in [1.82, 2.24) is 9.80 Å². The molecule has 2 fully saturated rings. The van der Waals surface area contributed by atoms with E-state index in [0.29, 0.717) is 18.1 Å². The zero-order valence-electron chi connectivity index (χ0n) is 24.9. The van der Waals surface area contributed by atoms with E-state index in [0.717, 1.165) is 51.8 Å². The minimum absolute atomic E-state index is 0.178. The van der Waals surface area contributed by atoms with Crippen molar-refractivity contribution < 1.29 is 14.3 Å². The van der Waals surface area contributed by atoms with Crippen LogP contribution in [0.25, 0.3) is 0 Å². The lowest BCUT2D eigenvalue weighted by Gasteiger charge is -2.43. The van der Waals surface area contributed by atoms with Gasteiger partial charge < -0.3 is 14.4 Å². The Morgan fingerprint density at radius 1 is 0.846 bits per heavy atom. The van der Waals surface area contributed by atoms with Gasteiger partial charge in [-0.3, -0.25) is 4.90 Å². The molecule has 0 N–H and O–H groups in total. The molecule has 4 rings (SSSR count). The highest BCUT2D eigenvalue weighted by molar-refractivity contribution is 5.69. The average molecular weight is 535 g/mol. The molecular weight excluding hydrogens is 484 g/mol. The first-order valence-electron chi connectivity index (χ1n) is 15.1. The van der Waals surface area contributed by atoms with Gasteiger partial charge in [0.05, 0.1) is 6.10 Å². The highest BCUT2D eigenvalue weighted by atomic mass is 16.6. The van der Waals surface area contributed by atoms with E-state index in [9.17, 15) is 4.79 Å². The molecule has 1 saturated heterocycles. The summed E-state index contributed by atoms with van der Waals surface area (Å²) in [6, 6.07) is 22.7. The normalized spacial score (nSPS) is 26.0. The fraction of sp³-hybridized carbons (Fsp3) is 0.618. The Labute approximate surface area is 236 Å². The van der Waals surface area contributed by atoms with Gasteiger partial charge in [0.25, 0.3) is 0 Å². The first-order chi connectivity index (χ1) is 18.7. The van der Waals surface area contributed by atoms with E-state index in [4.69, 9.17) is 9.47 Å². The molecule has 1 heterocycles. The number of benzene rings is 2. The Morgan fingerprint density at radius 2 is 1.36 bits per heavy atom. The summed E-state index contributed by atoms with van der Waals surface area (Å²) in [5, 5.41) is 0. The van der Waals surface area contributed by atoms with Crippen LogP contribution in [-0.4, -0.2) is 52.3 Å². The number of ether oxygens (including phenoxy) is 2. The lowest BCUT2D eigenvalue weighted by Crippen LogP contribution is -2.51. The van der Waals surface area contributed by atoms with Crippen LogP contribution >= 0.6 is 0 Å². The molecule has 2 aliphatic rings. The van der Waals surface area contributed by atoms with Crippen LogP contribution in [0.1, 0.15) is 90.7 Å². The maximum atomic E-state index is 12.7. The van der Waals surface area contributed by atoms with Gasteiger partial charge in [-0.2, -0.15) is 0 Å². The standard InChI is InChI=1S/C34H50N2O3/c1-26-22-30(23-27(2)36(26)33(37)39-34(3,4)5)20-21-38-32-18-16-31(17-19-32)35(24-28-12-8-6-9-13-28)25-29-14-10-7-11-15-29/h6-15,26-27,30-32H,16-25H2,1-5H3/t26-,27+,30?,31?,32?. The van der Waals surface area contributed by atoms with E-state index in [1.807, 2.05) is 25.7 Å². The van der Waals surface area contributed by atoms with Crippen LogP contribution in [0.4, 0.5) is 4.79 Å². The van der Waals surface area contributed by atoms with E-state index >= 15 is 0 Å². The van der Waals surface area contributed by atoms with Gasteiger partial charge in [-0.1, -0.05) is 60.7 Å². The van der Waals surface area contributed by atoms with Crippen LogP contribution in [0.5, 0.6) is 0 Å². The largest absolute Gasteiger partial charge is 0.444 e. The van der Waals surface area contributed by atoms with Crippen molar-refractivity contribution in [2.24, 2.45) is 5.92 Å². The summed E-state index contributed by atoms with van der Waals surface area (Å²) in [6.45, 7) is 12.9. The maximum absolute atomic E-state index is 12.7. The van der Waals surface area contributed by atoms with Gasteiger partial charge in [-0.25, -0.2) is 4.79 Å². The molecule has 1 aliphatic heterocycles. The number of carbonyl (C=O) groups is 1. The first kappa shape index (κ1) is 29.6. The minimum atomic E-state index is -0.458. The Bertz CT molecular complexity index is 945. The maximum Gasteiger partial charge on any atom is 0.410 e. The molecule has 0 aromatic heterocycles. The predicted molar refractivity (Wildman–Crippen MR) is 158 cm³/mol. The summed E-state index contributed by atoms with van der Waals surface area (Å²) in [7, 11) is 0. The topological polar surface area (TPSA) is 42.0 Å². The van der Waals surface area contributed by atoms with Gasteiger partial charge in [0.1, 0.15) is 5.60 Å². The molecule has 214 valence electrons. The fourth-order valence-corrected chi connectivity index (χ4v) is 6.56. The van der Waals surface area contributed by atoms with Crippen LogP contribution in [0, 0.1) is 5.92 Å². The molecular formula is C34H50N2O3. The van der Waals surface area contributed by atoms with Gasteiger partial charge in [0, 0.05) is 37.8 Å². The van der Waals surface area contributed by atoms with Crippen molar-refractivity contribution in [3.05, 3.63) is 71.8 Å². The van der Waals surface area contributed by atoms with Crippen molar-refractivity contribution in [3.8, 4) is 0 Å². The average Bonchev–Trinajstić information content (AvgIpc) is 2.88. The molecule has 39 heavy (non-hydrogen) atoms. The Kier molecular flexibility index (Phi) is 10.5. The molecule has 1 aliphatic carbocycles. The van der Waals surface area contributed by atoms with E-state index in [1.54, 1.807) is 0 Å². The molecule has 0 radical (unpaired) electrons. The van der Waals surface area contributed by atoms with Gasteiger partial charge in [0.15, 0.2) is 0 Å². The molecule has 5 nitrogen and oxygen atoms in total. The summed E-state index contributed by atoms with van der Waals surface area (Å²) in [5.41, 5.74) is 2.31. The summed E-state index contributed by atoms with van der Waals surface area (Å²) < 4.78 is 12.1. The zero-order chi connectivity index (χ0) is 27.8. The van der Waals surface area contributed by atoms with Gasteiger partial charge >= 0.3 is 6.09 Å². The van der Waals surface area contributed by atoms with Crippen molar-refractivity contribution >= 4 is 6.09 Å².